The fraction of sp³-hybridized carbons (Fsp3) is 0.619. The standard InChI is InChI=1S/C21H35N3O2S/c1-13(2)9-10-22-19(27)24-23-18(26)14-11-15(20(3,4)5)17(25)16(12-14)21(6,7)8/h11-13,25H,9-10H2,1-8H3,(H,23,26)(H2,22,24,27). The Morgan fingerprint density at radius 3 is 1.93 bits per heavy atom. The van der Waals surface area contributed by atoms with Crippen LogP contribution < -0.4 is 16.2 Å². The summed E-state index contributed by atoms with van der Waals surface area (Å²) in [4.78, 5) is 12.7. The van der Waals surface area contributed by atoms with E-state index in [0.717, 1.165) is 24.1 Å². The molecule has 4 N–H and O–H groups in total. The van der Waals surface area contributed by atoms with Crippen LogP contribution in [0.2, 0.25) is 0 Å². The highest BCUT2D eigenvalue weighted by atomic mass is 32.1. The predicted octanol–water partition coefficient (Wildman–Crippen LogP) is 4.14. The molecule has 0 spiro atoms. The molecule has 0 aromatic heterocycles. The van der Waals surface area contributed by atoms with Gasteiger partial charge in [0.25, 0.3) is 5.91 Å². The molecule has 0 aliphatic carbocycles. The molecule has 5 nitrogen and oxygen atoms in total. The van der Waals surface area contributed by atoms with E-state index in [1.54, 1.807) is 12.1 Å². The third-order valence-electron chi connectivity index (χ3n) is 4.28. The Morgan fingerprint density at radius 1 is 1.04 bits per heavy atom. The lowest BCUT2D eigenvalue weighted by Crippen LogP contribution is -2.47. The molecule has 1 rings (SSSR count). The number of hydrazine groups is 1. The number of phenolic OH excluding ortho intramolecular Hbond substituents is 1. The molecule has 0 aliphatic rings. The first-order valence-electron chi connectivity index (χ1n) is 9.45. The molecule has 6 heteroatoms. The van der Waals surface area contributed by atoms with Crippen molar-refractivity contribution in [2.45, 2.75) is 72.6 Å². The van der Waals surface area contributed by atoms with Crippen molar-refractivity contribution in [1.82, 2.24) is 16.2 Å². The van der Waals surface area contributed by atoms with E-state index in [9.17, 15) is 9.90 Å². The molecule has 0 fully saturated rings. The molecular formula is C21H35N3O2S. The number of amides is 1. The zero-order valence-electron chi connectivity index (χ0n) is 17.9. The monoisotopic (exact) mass is 393 g/mol. The van der Waals surface area contributed by atoms with Crippen molar-refractivity contribution in [3.05, 3.63) is 28.8 Å². The number of thiocarbonyl (C=S) groups is 1. The van der Waals surface area contributed by atoms with Gasteiger partial charge >= 0.3 is 0 Å². The summed E-state index contributed by atoms with van der Waals surface area (Å²) >= 11 is 5.19. The fourth-order valence-corrected chi connectivity index (χ4v) is 2.77. The highest BCUT2D eigenvalue weighted by molar-refractivity contribution is 7.80. The Kier molecular flexibility index (Phi) is 7.66. The number of hydrogen-bond donors (Lipinski definition) is 4. The number of carbonyl (C=O) groups is 1. The number of phenols is 1. The zero-order valence-corrected chi connectivity index (χ0v) is 18.7. The second-order valence-electron chi connectivity index (χ2n) is 9.44. The number of aromatic hydroxyl groups is 1. The van der Waals surface area contributed by atoms with Crippen molar-refractivity contribution in [3.8, 4) is 5.75 Å². The van der Waals surface area contributed by atoms with Gasteiger partial charge in [-0.05, 0) is 47.5 Å². The highest BCUT2D eigenvalue weighted by Gasteiger charge is 2.27. The summed E-state index contributed by atoms with van der Waals surface area (Å²) < 4.78 is 0. The summed E-state index contributed by atoms with van der Waals surface area (Å²) in [5.41, 5.74) is 6.78. The van der Waals surface area contributed by atoms with Crippen LogP contribution in [0.3, 0.4) is 0 Å². The summed E-state index contributed by atoms with van der Waals surface area (Å²) in [6.45, 7) is 17.1. The van der Waals surface area contributed by atoms with Crippen LogP contribution in [0.4, 0.5) is 0 Å². The van der Waals surface area contributed by atoms with E-state index in [0.29, 0.717) is 16.6 Å². The Hall–Kier alpha value is -1.82. The van der Waals surface area contributed by atoms with Gasteiger partial charge in [-0.1, -0.05) is 55.4 Å². The second-order valence-corrected chi connectivity index (χ2v) is 9.85. The third kappa shape index (κ3) is 7.01. The van der Waals surface area contributed by atoms with Crippen LogP contribution in [0.25, 0.3) is 0 Å². The SMILES string of the molecule is CC(C)CCNC(=S)NNC(=O)c1cc(C(C)(C)C)c(O)c(C(C)(C)C)c1. The number of benzene rings is 1. The highest BCUT2D eigenvalue weighted by Crippen LogP contribution is 2.39. The van der Waals surface area contributed by atoms with Crippen LogP contribution in [0.5, 0.6) is 5.75 Å². The molecular weight excluding hydrogens is 358 g/mol. The average molecular weight is 394 g/mol. The second kappa shape index (κ2) is 8.91. The third-order valence-corrected chi connectivity index (χ3v) is 4.53. The molecule has 0 radical (unpaired) electrons. The molecule has 0 heterocycles. The van der Waals surface area contributed by atoms with Crippen LogP contribution in [0.1, 0.15) is 83.3 Å². The number of rotatable bonds is 4. The van der Waals surface area contributed by atoms with E-state index in [-0.39, 0.29) is 22.5 Å². The minimum absolute atomic E-state index is 0.255. The summed E-state index contributed by atoms with van der Waals surface area (Å²) in [6, 6.07) is 3.49. The van der Waals surface area contributed by atoms with Gasteiger partial charge in [0, 0.05) is 23.2 Å². The van der Waals surface area contributed by atoms with Crippen LogP contribution in [0.15, 0.2) is 12.1 Å². The Balaban J connectivity index is 2.98. The first kappa shape index (κ1) is 23.2. The van der Waals surface area contributed by atoms with E-state index >= 15 is 0 Å². The minimum Gasteiger partial charge on any atom is -0.507 e. The van der Waals surface area contributed by atoms with Crippen LogP contribution >= 0.6 is 12.2 Å². The minimum atomic E-state index is -0.293. The Bertz CT molecular complexity index is 651. The van der Waals surface area contributed by atoms with Crippen molar-refractivity contribution >= 4 is 23.2 Å². The van der Waals surface area contributed by atoms with Gasteiger partial charge in [0.15, 0.2) is 5.11 Å². The topological polar surface area (TPSA) is 73.4 Å². The molecule has 0 atom stereocenters. The molecule has 1 amide bonds. The quantitative estimate of drug-likeness (QED) is 0.457. The Morgan fingerprint density at radius 2 is 1.52 bits per heavy atom. The number of carbonyl (C=O) groups excluding carboxylic acids is 1. The van der Waals surface area contributed by atoms with Gasteiger partial charge < -0.3 is 10.4 Å². The molecule has 0 bridgehead atoms. The lowest BCUT2D eigenvalue weighted by atomic mass is 9.78. The lowest BCUT2D eigenvalue weighted by molar-refractivity contribution is 0.0943. The van der Waals surface area contributed by atoms with Gasteiger partial charge in [0.2, 0.25) is 0 Å². The van der Waals surface area contributed by atoms with Crippen molar-refractivity contribution in [2.24, 2.45) is 5.92 Å². The lowest BCUT2D eigenvalue weighted by Gasteiger charge is -2.28. The average Bonchev–Trinajstić information content (AvgIpc) is 2.50. The Labute approximate surface area is 169 Å². The maximum atomic E-state index is 12.7. The van der Waals surface area contributed by atoms with E-state index in [4.69, 9.17) is 12.2 Å². The maximum Gasteiger partial charge on any atom is 0.269 e. The van der Waals surface area contributed by atoms with E-state index in [1.165, 1.54) is 0 Å². The first-order chi connectivity index (χ1) is 12.2. The van der Waals surface area contributed by atoms with Gasteiger partial charge in [-0.15, -0.1) is 0 Å². The largest absolute Gasteiger partial charge is 0.507 e. The van der Waals surface area contributed by atoms with Gasteiger partial charge in [-0.3, -0.25) is 15.6 Å². The summed E-state index contributed by atoms with van der Waals surface area (Å²) in [7, 11) is 0. The molecule has 1 aromatic carbocycles. The maximum absolute atomic E-state index is 12.7. The fourth-order valence-electron chi connectivity index (χ4n) is 2.61. The van der Waals surface area contributed by atoms with Crippen molar-refractivity contribution < 1.29 is 9.90 Å². The van der Waals surface area contributed by atoms with Gasteiger partial charge in [0.05, 0.1) is 0 Å². The van der Waals surface area contributed by atoms with E-state index in [1.807, 2.05) is 41.5 Å². The summed E-state index contributed by atoms with van der Waals surface area (Å²) in [5.74, 6) is 0.544. The zero-order chi connectivity index (χ0) is 21.0. The van der Waals surface area contributed by atoms with E-state index < -0.39 is 0 Å². The van der Waals surface area contributed by atoms with E-state index in [2.05, 4.69) is 30.0 Å². The molecule has 0 saturated carbocycles. The summed E-state index contributed by atoms with van der Waals surface area (Å²) in [5, 5.41) is 14.2. The van der Waals surface area contributed by atoms with Crippen LogP contribution in [-0.2, 0) is 10.8 Å². The summed E-state index contributed by atoms with van der Waals surface area (Å²) in [6.07, 6.45) is 0.998. The molecule has 0 aliphatic heterocycles. The van der Waals surface area contributed by atoms with Crippen molar-refractivity contribution in [3.63, 3.8) is 0 Å². The van der Waals surface area contributed by atoms with Crippen LogP contribution in [-0.4, -0.2) is 22.7 Å². The van der Waals surface area contributed by atoms with Gasteiger partial charge in [-0.2, -0.15) is 0 Å². The molecule has 152 valence electrons. The molecule has 0 unspecified atom stereocenters. The normalized spacial score (nSPS) is 12.0. The first-order valence-corrected chi connectivity index (χ1v) is 9.86. The van der Waals surface area contributed by atoms with Crippen molar-refractivity contribution in [2.75, 3.05) is 6.54 Å². The van der Waals surface area contributed by atoms with Crippen LogP contribution in [0, 0.1) is 5.92 Å². The van der Waals surface area contributed by atoms with Gasteiger partial charge in [0.1, 0.15) is 5.75 Å². The number of hydrogen-bond acceptors (Lipinski definition) is 3. The molecule has 0 saturated heterocycles. The van der Waals surface area contributed by atoms with Crippen molar-refractivity contribution in [1.29, 1.82) is 0 Å². The number of nitrogens with one attached hydrogen (secondary N) is 3. The smallest absolute Gasteiger partial charge is 0.269 e. The predicted molar refractivity (Wildman–Crippen MR) is 116 cm³/mol. The molecule has 1 aromatic rings. The van der Waals surface area contributed by atoms with Gasteiger partial charge in [-0.25, -0.2) is 0 Å². The molecule has 27 heavy (non-hydrogen) atoms.